The van der Waals surface area contributed by atoms with Crippen molar-refractivity contribution in [3.63, 3.8) is 0 Å². The molecule has 3 aliphatic rings. The number of ether oxygens (including phenoxy) is 3. The van der Waals surface area contributed by atoms with Crippen molar-refractivity contribution < 1.29 is 33.4 Å². The fourth-order valence-electron chi connectivity index (χ4n) is 4.37. The fraction of sp³-hybridized carbons (Fsp3) is 0.545. The van der Waals surface area contributed by atoms with Gasteiger partial charge in [-0.2, -0.15) is 0 Å². The lowest BCUT2D eigenvalue weighted by atomic mass is 9.81. The van der Waals surface area contributed by atoms with Crippen molar-refractivity contribution in [1.82, 2.24) is 4.90 Å². The Morgan fingerprint density at radius 2 is 1.65 bits per heavy atom. The van der Waals surface area contributed by atoms with Gasteiger partial charge in [-0.15, -0.1) is 0 Å². The van der Waals surface area contributed by atoms with E-state index < -0.39 is 24.0 Å². The molecule has 2 aliphatic heterocycles. The van der Waals surface area contributed by atoms with Crippen molar-refractivity contribution in [2.24, 2.45) is 11.8 Å². The first-order valence-corrected chi connectivity index (χ1v) is 10.6. The van der Waals surface area contributed by atoms with Gasteiger partial charge in [0, 0.05) is 11.8 Å². The summed E-state index contributed by atoms with van der Waals surface area (Å²) in [6.07, 6.45) is 2.04. The zero-order valence-electron chi connectivity index (χ0n) is 17.6. The topological polar surface area (TPSA) is 111 Å². The Bertz CT molecular complexity index is 891. The third-order valence-corrected chi connectivity index (χ3v) is 6.08. The SMILES string of the molecule is C[C@H](OC(=O)[C@H](C)N1C(=O)[C@H]2CCCC[C@@H]2C1=O)C(=O)Nc1ccc2c(c1)OCCO2. The predicted molar refractivity (Wildman–Crippen MR) is 108 cm³/mol. The summed E-state index contributed by atoms with van der Waals surface area (Å²) < 4.78 is 16.2. The molecule has 0 radical (unpaired) electrons. The van der Waals surface area contributed by atoms with Crippen LogP contribution in [-0.2, 0) is 23.9 Å². The Balaban J connectivity index is 1.36. The molecule has 31 heavy (non-hydrogen) atoms. The van der Waals surface area contributed by atoms with Crippen molar-refractivity contribution >= 4 is 29.4 Å². The molecule has 1 N–H and O–H groups in total. The molecule has 1 aliphatic carbocycles. The second-order valence-corrected chi connectivity index (χ2v) is 8.15. The van der Waals surface area contributed by atoms with Gasteiger partial charge >= 0.3 is 5.97 Å². The highest BCUT2D eigenvalue weighted by Crippen LogP contribution is 2.39. The molecule has 1 aromatic carbocycles. The molecule has 2 heterocycles. The first-order chi connectivity index (χ1) is 14.9. The van der Waals surface area contributed by atoms with E-state index in [0.717, 1.165) is 17.7 Å². The second kappa shape index (κ2) is 8.56. The third kappa shape index (κ3) is 4.08. The highest BCUT2D eigenvalue weighted by Gasteiger charge is 2.51. The Morgan fingerprint density at radius 1 is 1.03 bits per heavy atom. The summed E-state index contributed by atoms with van der Waals surface area (Å²) in [6.45, 7) is 3.78. The lowest BCUT2D eigenvalue weighted by Gasteiger charge is -2.23. The van der Waals surface area contributed by atoms with E-state index in [-0.39, 0.29) is 23.7 Å². The van der Waals surface area contributed by atoms with Crippen molar-refractivity contribution in [3.8, 4) is 11.5 Å². The quantitative estimate of drug-likeness (QED) is 0.561. The van der Waals surface area contributed by atoms with Gasteiger partial charge in [-0.1, -0.05) is 12.8 Å². The second-order valence-electron chi connectivity index (χ2n) is 8.15. The number of nitrogens with one attached hydrogen (secondary N) is 1. The van der Waals surface area contributed by atoms with Crippen LogP contribution in [0.2, 0.25) is 0 Å². The van der Waals surface area contributed by atoms with Crippen LogP contribution in [0.3, 0.4) is 0 Å². The van der Waals surface area contributed by atoms with Crippen LogP contribution in [0.25, 0.3) is 0 Å². The minimum atomic E-state index is -1.11. The maximum Gasteiger partial charge on any atom is 0.329 e. The van der Waals surface area contributed by atoms with E-state index in [2.05, 4.69) is 5.32 Å². The van der Waals surface area contributed by atoms with E-state index in [1.165, 1.54) is 13.8 Å². The number of carbonyl (C=O) groups excluding carboxylic acids is 4. The van der Waals surface area contributed by atoms with Crippen molar-refractivity contribution in [2.75, 3.05) is 18.5 Å². The minimum Gasteiger partial charge on any atom is -0.486 e. The summed E-state index contributed by atoms with van der Waals surface area (Å²) >= 11 is 0. The minimum absolute atomic E-state index is 0.312. The number of hydrogen-bond acceptors (Lipinski definition) is 7. The number of fused-ring (bicyclic) bond motifs is 2. The number of amides is 3. The molecule has 2 fully saturated rings. The maximum atomic E-state index is 12.7. The van der Waals surface area contributed by atoms with Crippen molar-refractivity contribution in [1.29, 1.82) is 0 Å². The number of rotatable bonds is 5. The number of carbonyl (C=O) groups is 4. The van der Waals surface area contributed by atoms with Crippen molar-refractivity contribution in [3.05, 3.63) is 18.2 Å². The molecule has 1 saturated carbocycles. The van der Waals surface area contributed by atoms with E-state index >= 15 is 0 Å². The first kappa shape index (κ1) is 21.1. The van der Waals surface area contributed by atoms with Crippen LogP contribution in [0, 0.1) is 11.8 Å². The Kier molecular flexibility index (Phi) is 5.84. The van der Waals surface area contributed by atoms with Gasteiger partial charge in [-0.3, -0.25) is 19.3 Å². The molecule has 166 valence electrons. The van der Waals surface area contributed by atoms with E-state index in [4.69, 9.17) is 14.2 Å². The molecular weight excluding hydrogens is 404 g/mol. The maximum absolute atomic E-state index is 12.7. The van der Waals surface area contributed by atoms with Gasteiger partial charge in [0.05, 0.1) is 11.8 Å². The first-order valence-electron chi connectivity index (χ1n) is 10.6. The van der Waals surface area contributed by atoms with E-state index in [1.807, 2.05) is 0 Å². The Labute approximate surface area is 180 Å². The van der Waals surface area contributed by atoms with Gasteiger partial charge in [0.1, 0.15) is 19.3 Å². The van der Waals surface area contributed by atoms with Gasteiger partial charge in [0.2, 0.25) is 11.8 Å². The summed E-state index contributed by atoms with van der Waals surface area (Å²) in [5, 5.41) is 2.66. The zero-order valence-corrected chi connectivity index (χ0v) is 17.6. The van der Waals surface area contributed by atoms with Crippen molar-refractivity contribution in [2.45, 2.75) is 51.7 Å². The molecular formula is C22H26N2O7. The standard InChI is InChI=1S/C22H26N2O7/c1-12(24-20(26)15-5-3-4-6-16(15)21(24)27)22(28)31-13(2)19(25)23-14-7-8-17-18(11-14)30-10-9-29-17/h7-8,11-13,15-16H,3-6,9-10H2,1-2H3,(H,23,25)/t12-,13-,15-,16-/m0/s1. The molecule has 9 nitrogen and oxygen atoms in total. The van der Waals surface area contributed by atoms with Gasteiger partial charge in [0.25, 0.3) is 5.91 Å². The number of imide groups is 1. The van der Waals surface area contributed by atoms with Crippen LogP contribution >= 0.6 is 0 Å². The number of anilines is 1. The predicted octanol–water partition coefficient (Wildman–Crippen LogP) is 1.89. The average Bonchev–Trinajstić information content (AvgIpc) is 3.03. The summed E-state index contributed by atoms with van der Waals surface area (Å²) in [7, 11) is 0. The normalized spacial score (nSPS) is 24.3. The molecule has 0 spiro atoms. The van der Waals surface area contributed by atoms with Gasteiger partial charge in [-0.05, 0) is 38.8 Å². The van der Waals surface area contributed by atoms with Crippen LogP contribution < -0.4 is 14.8 Å². The number of hydrogen-bond donors (Lipinski definition) is 1. The molecule has 0 unspecified atom stereocenters. The molecule has 9 heteroatoms. The van der Waals surface area contributed by atoms with Crippen LogP contribution in [0.15, 0.2) is 18.2 Å². The molecule has 3 amide bonds. The molecule has 0 bridgehead atoms. The number of nitrogens with zero attached hydrogens (tertiary/aromatic N) is 1. The van der Waals surface area contributed by atoms with Crippen LogP contribution in [0.1, 0.15) is 39.5 Å². The van der Waals surface area contributed by atoms with Crippen LogP contribution in [0.5, 0.6) is 11.5 Å². The summed E-state index contributed by atoms with van der Waals surface area (Å²) in [5.74, 6) is -1.51. The van der Waals surface area contributed by atoms with E-state index in [0.29, 0.717) is 43.2 Å². The average molecular weight is 430 g/mol. The van der Waals surface area contributed by atoms with Crippen LogP contribution in [0.4, 0.5) is 5.69 Å². The van der Waals surface area contributed by atoms with Gasteiger partial charge < -0.3 is 19.5 Å². The summed E-state index contributed by atoms with van der Waals surface area (Å²) in [5.41, 5.74) is 0.471. The lowest BCUT2D eigenvalue weighted by molar-refractivity contribution is -0.163. The summed E-state index contributed by atoms with van der Waals surface area (Å²) in [6, 6.07) is 3.90. The largest absolute Gasteiger partial charge is 0.486 e. The van der Waals surface area contributed by atoms with E-state index in [9.17, 15) is 19.2 Å². The molecule has 1 aromatic rings. The smallest absolute Gasteiger partial charge is 0.329 e. The number of likely N-dealkylation sites (tertiary alicyclic amines) is 1. The highest BCUT2D eigenvalue weighted by atomic mass is 16.6. The lowest BCUT2D eigenvalue weighted by Crippen LogP contribution is -2.46. The molecule has 0 aromatic heterocycles. The van der Waals surface area contributed by atoms with E-state index in [1.54, 1.807) is 18.2 Å². The highest BCUT2D eigenvalue weighted by molar-refractivity contribution is 6.08. The van der Waals surface area contributed by atoms with Gasteiger partial charge in [-0.25, -0.2) is 4.79 Å². The van der Waals surface area contributed by atoms with Gasteiger partial charge in [0.15, 0.2) is 17.6 Å². The fourth-order valence-corrected chi connectivity index (χ4v) is 4.37. The zero-order chi connectivity index (χ0) is 22.1. The Hall–Kier alpha value is -3.10. The van der Waals surface area contributed by atoms with Crippen LogP contribution in [-0.4, -0.2) is 54.0 Å². The summed E-state index contributed by atoms with van der Waals surface area (Å²) in [4.78, 5) is 51.4. The molecule has 1 saturated heterocycles. The number of benzene rings is 1. The third-order valence-electron chi connectivity index (χ3n) is 6.08. The number of esters is 1. The monoisotopic (exact) mass is 430 g/mol. The molecule has 4 atom stereocenters. The Morgan fingerprint density at radius 3 is 2.29 bits per heavy atom. The molecule has 4 rings (SSSR count).